The summed E-state index contributed by atoms with van der Waals surface area (Å²) in [6.07, 6.45) is -0.148. The van der Waals surface area contributed by atoms with Crippen LogP contribution in [0.3, 0.4) is 0 Å². The fraction of sp³-hybridized carbons (Fsp3) is 0.346. The number of halogens is 2. The fourth-order valence-electron chi connectivity index (χ4n) is 3.81. The number of aromatic nitrogens is 2. The van der Waals surface area contributed by atoms with Gasteiger partial charge in [0.05, 0.1) is 27.6 Å². The molecule has 1 aromatic heterocycles. The highest BCUT2D eigenvalue weighted by molar-refractivity contribution is 14.1. The molecular weight excluding hydrogens is 732 g/mol. The van der Waals surface area contributed by atoms with Gasteiger partial charge in [-0.25, -0.2) is 4.98 Å². The van der Waals surface area contributed by atoms with E-state index in [1.54, 1.807) is 32.2 Å². The number of hydrogen-bond acceptors (Lipinski definition) is 11. The Bertz CT molecular complexity index is 1350. The van der Waals surface area contributed by atoms with Gasteiger partial charge in [-0.2, -0.15) is 10.2 Å². The Kier molecular flexibility index (Phi) is 11.0. The highest BCUT2D eigenvalue weighted by Crippen LogP contribution is 2.40. The molecule has 0 aliphatic rings. The van der Waals surface area contributed by atoms with Crippen molar-refractivity contribution < 1.29 is 29.2 Å². The fourth-order valence-corrected chi connectivity index (χ4v) is 5.13. The van der Waals surface area contributed by atoms with Crippen LogP contribution < -0.4 is 30.4 Å². The minimum Gasteiger partial charge on any atom is -0.496 e. The summed E-state index contributed by atoms with van der Waals surface area (Å²) in [6.45, 7) is 1.75. The van der Waals surface area contributed by atoms with E-state index in [4.69, 9.17) is 30.4 Å². The molecule has 0 bridgehead atoms. The van der Waals surface area contributed by atoms with E-state index in [1.807, 2.05) is 6.07 Å². The molecular formula is C26H29I2N5O6. The Morgan fingerprint density at radius 3 is 2.23 bits per heavy atom. The maximum atomic E-state index is 11.4. The molecule has 2 aromatic carbocycles. The molecule has 0 fully saturated rings. The number of methoxy groups -OCH3 is 2. The molecule has 0 amide bonds. The van der Waals surface area contributed by atoms with Gasteiger partial charge >= 0.3 is 0 Å². The number of nitriles is 1. The lowest BCUT2D eigenvalue weighted by Gasteiger charge is -2.27. The molecule has 0 radical (unpaired) electrons. The lowest BCUT2D eigenvalue weighted by molar-refractivity contribution is 0.0505. The largest absolute Gasteiger partial charge is 0.496 e. The van der Waals surface area contributed by atoms with E-state index >= 15 is 0 Å². The summed E-state index contributed by atoms with van der Waals surface area (Å²) in [5.41, 5.74) is 12.9. The van der Waals surface area contributed by atoms with Crippen molar-refractivity contribution >= 4 is 56.9 Å². The van der Waals surface area contributed by atoms with E-state index in [-0.39, 0.29) is 24.1 Å². The zero-order chi connectivity index (χ0) is 28.7. The number of aryl methyl sites for hydroxylation is 1. The molecule has 13 heteroatoms. The number of nitrogen functional groups attached to an aromatic ring is 2. The first-order chi connectivity index (χ1) is 18.6. The van der Waals surface area contributed by atoms with Crippen LogP contribution in [0.2, 0.25) is 0 Å². The van der Waals surface area contributed by atoms with Crippen LogP contribution in [0.4, 0.5) is 11.8 Å². The van der Waals surface area contributed by atoms with Gasteiger partial charge in [0.25, 0.3) is 0 Å². The Morgan fingerprint density at radius 2 is 1.64 bits per heavy atom. The van der Waals surface area contributed by atoms with E-state index in [0.717, 1.165) is 12.7 Å². The van der Waals surface area contributed by atoms with E-state index in [0.29, 0.717) is 41.4 Å². The van der Waals surface area contributed by atoms with Gasteiger partial charge in [-0.15, -0.1) is 0 Å². The van der Waals surface area contributed by atoms with Crippen molar-refractivity contribution in [2.24, 2.45) is 0 Å². The Morgan fingerprint density at radius 1 is 1.00 bits per heavy atom. The number of anilines is 2. The molecule has 3 atom stereocenters. The summed E-state index contributed by atoms with van der Waals surface area (Å²) >= 11 is 4.21. The second-order valence-electron chi connectivity index (χ2n) is 8.47. The molecule has 3 unspecified atom stereocenters. The third-order valence-corrected chi connectivity index (χ3v) is 7.63. The maximum absolute atomic E-state index is 11.4. The molecule has 11 nitrogen and oxygen atoms in total. The molecule has 0 saturated heterocycles. The first-order valence-corrected chi connectivity index (χ1v) is 13.9. The highest BCUT2D eigenvalue weighted by atomic mass is 127. The Balaban J connectivity index is 1.97. The van der Waals surface area contributed by atoms with Crippen molar-refractivity contribution in [1.29, 1.82) is 5.26 Å². The van der Waals surface area contributed by atoms with E-state index in [1.165, 1.54) is 13.3 Å². The van der Waals surface area contributed by atoms with Crippen molar-refractivity contribution in [3.63, 3.8) is 0 Å². The Hall–Kier alpha value is -2.81. The van der Waals surface area contributed by atoms with Crippen LogP contribution in [-0.2, 0) is 6.42 Å². The average molecular weight is 761 g/mol. The Labute approximate surface area is 253 Å². The average Bonchev–Trinajstić information content (AvgIpc) is 2.92. The first kappa shape index (κ1) is 30.7. The summed E-state index contributed by atoms with van der Waals surface area (Å²) in [5, 5.41) is 30.7. The number of aliphatic hydroxyl groups is 2. The predicted octanol–water partition coefficient (Wildman–Crippen LogP) is 4.02. The number of ether oxygens (including phenoxy) is 4. The van der Waals surface area contributed by atoms with Gasteiger partial charge in [-0.1, -0.05) is 6.92 Å². The summed E-state index contributed by atoms with van der Waals surface area (Å²) in [4.78, 5) is 7.86. The number of nitrogens with two attached hydrogens (primary N) is 2. The second-order valence-corrected chi connectivity index (χ2v) is 10.8. The molecule has 0 aliphatic carbocycles. The van der Waals surface area contributed by atoms with E-state index < -0.39 is 18.1 Å². The van der Waals surface area contributed by atoms with Crippen LogP contribution >= 0.6 is 45.2 Å². The smallest absolute Gasteiger partial charge is 0.222 e. The van der Waals surface area contributed by atoms with E-state index in [9.17, 15) is 15.5 Å². The third-order valence-electron chi connectivity index (χ3n) is 5.94. The van der Waals surface area contributed by atoms with Crippen LogP contribution in [0.5, 0.6) is 28.7 Å². The van der Waals surface area contributed by atoms with Crippen LogP contribution in [0, 0.1) is 18.5 Å². The molecule has 6 N–H and O–H groups in total. The maximum Gasteiger partial charge on any atom is 0.222 e. The predicted molar refractivity (Wildman–Crippen MR) is 162 cm³/mol. The van der Waals surface area contributed by atoms with Gasteiger partial charge < -0.3 is 40.6 Å². The molecule has 3 aromatic rings. The van der Waals surface area contributed by atoms with Crippen LogP contribution in [0.25, 0.3) is 0 Å². The number of benzene rings is 2. The summed E-state index contributed by atoms with van der Waals surface area (Å²) in [7, 11) is 3.10. The molecule has 1 heterocycles. The lowest BCUT2D eigenvalue weighted by Crippen LogP contribution is -2.35. The summed E-state index contributed by atoms with van der Waals surface area (Å²) < 4.78 is 24.5. The van der Waals surface area contributed by atoms with E-state index in [2.05, 4.69) is 61.2 Å². The zero-order valence-corrected chi connectivity index (χ0v) is 25.8. The normalized spacial score (nSPS) is 13.2. The monoisotopic (exact) mass is 761 g/mol. The standard InChI is InChI=1S/C26H29I2N5O6/c1-13(15-8-21(37-3)17(28)10-19(15)39-23-12-32-26(31)33-25(23)30)24(35)22(11-29)38-18-9-16(27)20(36-2)7-14(18)5-4-6-34/h7-10,12-13,22,24,34-35H,4-6H2,1-3H3,(H4,30,31,32,33). The van der Waals surface area contributed by atoms with Gasteiger partial charge in [0.1, 0.15) is 35.2 Å². The van der Waals surface area contributed by atoms with Gasteiger partial charge in [0.2, 0.25) is 12.1 Å². The SMILES string of the molecule is COc1cc(CCCO)c(OC(C#N)C(O)C(C)c2cc(OC)c(I)cc2Oc2cnc(N)nc2N)cc1I. The van der Waals surface area contributed by atoms with Gasteiger partial charge in [0, 0.05) is 18.1 Å². The number of aliphatic hydroxyl groups excluding tert-OH is 2. The molecule has 0 spiro atoms. The van der Waals surface area contributed by atoms with Gasteiger partial charge in [0.15, 0.2) is 11.6 Å². The second kappa shape index (κ2) is 14.0. The minimum absolute atomic E-state index is 0.00391. The summed E-state index contributed by atoms with van der Waals surface area (Å²) in [5.74, 6) is 1.60. The topological polar surface area (TPSA) is 179 Å². The number of hydrogen-bond donors (Lipinski definition) is 4. The molecule has 3 rings (SSSR count). The van der Waals surface area contributed by atoms with Crippen LogP contribution in [-0.4, -0.2) is 53.2 Å². The summed E-state index contributed by atoms with van der Waals surface area (Å²) in [6, 6.07) is 9.10. The van der Waals surface area contributed by atoms with Crippen molar-refractivity contribution in [2.75, 3.05) is 32.3 Å². The quantitative estimate of drug-likeness (QED) is 0.196. The zero-order valence-electron chi connectivity index (χ0n) is 21.5. The van der Waals surface area contributed by atoms with Crippen molar-refractivity contribution in [2.45, 2.75) is 37.9 Å². The lowest BCUT2D eigenvalue weighted by atomic mass is 9.91. The minimum atomic E-state index is -1.27. The van der Waals surface area contributed by atoms with Crippen molar-refractivity contribution in [3.8, 4) is 34.8 Å². The van der Waals surface area contributed by atoms with Gasteiger partial charge in [-0.3, -0.25) is 0 Å². The molecule has 208 valence electrons. The number of nitrogens with zero attached hydrogens (tertiary/aromatic N) is 3. The molecule has 0 saturated carbocycles. The third kappa shape index (κ3) is 7.44. The molecule has 39 heavy (non-hydrogen) atoms. The highest BCUT2D eigenvalue weighted by Gasteiger charge is 2.31. The van der Waals surface area contributed by atoms with Crippen LogP contribution in [0.1, 0.15) is 30.4 Å². The van der Waals surface area contributed by atoms with Crippen molar-refractivity contribution in [1.82, 2.24) is 9.97 Å². The molecule has 0 aliphatic heterocycles. The van der Waals surface area contributed by atoms with Crippen molar-refractivity contribution in [3.05, 3.63) is 48.7 Å². The number of rotatable bonds is 12. The first-order valence-electron chi connectivity index (χ1n) is 11.8. The van der Waals surface area contributed by atoms with Gasteiger partial charge in [-0.05, 0) is 87.9 Å². The van der Waals surface area contributed by atoms with Crippen LogP contribution in [0.15, 0.2) is 30.5 Å².